The molecular formula is C16H21NO6S. The Morgan fingerprint density at radius 2 is 1.96 bits per heavy atom. The van der Waals surface area contributed by atoms with E-state index < -0.39 is 33.5 Å². The highest BCUT2D eigenvalue weighted by molar-refractivity contribution is 7.91. The van der Waals surface area contributed by atoms with Crippen LogP contribution in [-0.4, -0.2) is 41.8 Å². The van der Waals surface area contributed by atoms with E-state index in [4.69, 9.17) is 4.74 Å². The van der Waals surface area contributed by atoms with Gasteiger partial charge in [-0.05, 0) is 44.0 Å². The number of hydrogen-bond donors (Lipinski definition) is 1. The van der Waals surface area contributed by atoms with Gasteiger partial charge < -0.3 is 9.84 Å². The number of benzene rings is 1. The third kappa shape index (κ3) is 3.53. The molecule has 0 saturated carbocycles. The zero-order valence-corrected chi connectivity index (χ0v) is 14.9. The predicted octanol–water partition coefficient (Wildman–Crippen LogP) is 2.36. The first-order valence-electron chi connectivity index (χ1n) is 7.54. The molecule has 0 fully saturated rings. The number of aliphatic carboxylic acids is 1. The number of rotatable bonds is 3. The van der Waals surface area contributed by atoms with Gasteiger partial charge in [0.2, 0.25) is 0 Å². The number of carbonyl (C=O) groups is 2. The molecule has 1 aliphatic rings. The van der Waals surface area contributed by atoms with Crippen LogP contribution in [0.3, 0.4) is 0 Å². The zero-order chi connectivity index (χ0) is 18.3. The molecule has 1 amide bonds. The minimum Gasteiger partial charge on any atom is -0.479 e. The summed E-state index contributed by atoms with van der Waals surface area (Å²) in [6.07, 6.45) is -0.744. The molecule has 1 aromatic carbocycles. The van der Waals surface area contributed by atoms with E-state index in [1.54, 1.807) is 20.8 Å². The highest BCUT2D eigenvalue weighted by Crippen LogP contribution is 2.36. The van der Waals surface area contributed by atoms with Crippen molar-refractivity contribution in [2.24, 2.45) is 0 Å². The fraction of sp³-hybridized carbons (Fsp3) is 0.500. The molecule has 1 aliphatic heterocycles. The Labute approximate surface area is 141 Å². The van der Waals surface area contributed by atoms with Gasteiger partial charge in [-0.25, -0.2) is 18.0 Å². The highest BCUT2D eigenvalue weighted by Gasteiger charge is 2.41. The van der Waals surface area contributed by atoms with Crippen molar-refractivity contribution in [2.45, 2.75) is 50.8 Å². The van der Waals surface area contributed by atoms with Crippen LogP contribution in [0.5, 0.6) is 0 Å². The fourth-order valence-electron chi connectivity index (χ4n) is 2.55. The quantitative estimate of drug-likeness (QED) is 0.893. The van der Waals surface area contributed by atoms with Gasteiger partial charge in [0.15, 0.2) is 15.9 Å². The minimum absolute atomic E-state index is 0.00567. The van der Waals surface area contributed by atoms with Gasteiger partial charge in [0.25, 0.3) is 0 Å². The predicted molar refractivity (Wildman–Crippen MR) is 86.3 cm³/mol. The Kier molecular flexibility index (Phi) is 4.63. The van der Waals surface area contributed by atoms with Gasteiger partial charge in [0, 0.05) is 0 Å². The largest absolute Gasteiger partial charge is 0.479 e. The molecule has 1 unspecified atom stereocenters. The maximum absolute atomic E-state index is 12.3. The summed E-state index contributed by atoms with van der Waals surface area (Å²) in [5.41, 5.74) is 0.150. The van der Waals surface area contributed by atoms with Crippen LogP contribution in [0.4, 0.5) is 4.79 Å². The average molecular weight is 355 g/mol. The Hall–Kier alpha value is -2.09. The second-order valence-electron chi connectivity index (χ2n) is 6.61. The number of carbonyl (C=O) groups excluding carboxylic acids is 1. The van der Waals surface area contributed by atoms with E-state index in [9.17, 15) is 23.1 Å². The molecular weight excluding hydrogens is 334 g/mol. The van der Waals surface area contributed by atoms with Crippen LogP contribution in [0.1, 0.15) is 44.9 Å². The van der Waals surface area contributed by atoms with Crippen LogP contribution in [0, 0.1) is 0 Å². The van der Waals surface area contributed by atoms with Gasteiger partial charge in [-0.15, -0.1) is 0 Å². The van der Waals surface area contributed by atoms with E-state index in [0.29, 0.717) is 11.1 Å². The standard InChI is InChI=1S/C16H21NO6S/c1-5-24(21,22)11-6-7-12-10(8-11)9-17(13(12)14(18)19)15(20)23-16(2,3)4/h6-8,13H,5,9H2,1-4H3,(H,18,19). The monoisotopic (exact) mass is 355 g/mol. The molecule has 132 valence electrons. The van der Waals surface area contributed by atoms with Gasteiger partial charge in [-0.1, -0.05) is 13.0 Å². The molecule has 24 heavy (non-hydrogen) atoms. The van der Waals surface area contributed by atoms with E-state index in [0.717, 1.165) is 4.90 Å². The van der Waals surface area contributed by atoms with Crippen molar-refractivity contribution >= 4 is 21.9 Å². The summed E-state index contributed by atoms with van der Waals surface area (Å²) in [7, 11) is -3.41. The maximum atomic E-state index is 12.3. The van der Waals surface area contributed by atoms with Crippen molar-refractivity contribution in [1.82, 2.24) is 4.90 Å². The molecule has 1 heterocycles. The summed E-state index contributed by atoms with van der Waals surface area (Å²) >= 11 is 0. The molecule has 0 saturated heterocycles. The van der Waals surface area contributed by atoms with Gasteiger partial charge in [-0.3, -0.25) is 4.90 Å². The molecule has 7 nitrogen and oxygen atoms in total. The number of nitrogens with zero attached hydrogens (tertiary/aromatic N) is 1. The van der Waals surface area contributed by atoms with Gasteiger partial charge in [0.05, 0.1) is 17.2 Å². The molecule has 0 bridgehead atoms. The first kappa shape index (κ1) is 18.3. The minimum atomic E-state index is -3.41. The van der Waals surface area contributed by atoms with Crippen molar-refractivity contribution in [2.75, 3.05) is 5.75 Å². The lowest BCUT2D eigenvalue weighted by Gasteiger charge is -2.27. The average Bonchev–Trinajstić information content (AvgIpc) is 2.84. The second-order valence-corrected chi connectivity index (χ2v) is 8.89. The highest BCUT2D eigenvalue weighted by atomic mass is 32.2. The molecule has 1 atom stereocenters. The van der Waals surface area contributed by atoms with Crippen molar-refractivity contribution in [3.63, 3.8) is 0 Å². The summed E-state index contributed by atoms with van der Waals surface area (Å²) in [5.74, 6) is -1.24. The normalized spacial score (nSPS) is 17.5. The Morgan fingerprint density at radius 3 is 2.46 bits per heavy atom. The van der Waals surface area contributed by atoms with Crippen LogP contribution in [-0.2, 0) is 25.9 Å². The van der Waals surface area contributed by atoms with Crippen LogP contribution >= 0.6 is 0 Å². The lowest BCUT2D eigenvalue weighted by atomic mass is 10.1. The van der Waals surface area contributed by atoms with Crippen LogP contribution in [0.25, 0.3) is 0 Å². The smallest absolute Gasteiger partial charge is 0.411 e. The summed E-state index contributed by atoms with van der Waals surface area (Å²) in [6.45, 7) is 6.60. The summed E-state index contributed by atoms with van der Waals surface area (Å²) in [4.78, 5) is 25.1. The van der Waals surface area contributed by atoms with Gasteiger partial charge >= 0.3 is 12.1 Å². The molecule has 0 spiro atoms. The zero-order valence-electron chi connectivity index (χ0n) is 14.1. The maximum Gasteiger partial charge on any atom is 0.411 e. The molecule has 1 N–H and O–H groups in total. The van der Waals surface area contributed by atoms with Crippen molar-refractivity contribution in [3.05, 3.63) is 29.3 Å². The van der Waals surface area contributed by atoms with Gasteiger partial charge in [-0.2, -0.15) is 0 Å². The van der Waals surface area contributed by atoms with E-state index in [2.05, 4.69) is 0 Å². The van der Waals surface area contributed by atoms with Crippen LogP contribution in [0.2, 0.25) is 0 Å². The van der Waals surface area contributed by atoms with E-state index in [1.165, 1.54) is 25.1 Å². The number of amides is 1. The first-order chi connectivity index (χ1) is 11.0. The summed E-state index contributed by atoms with van der Waals surface area (Å²) in [5, 5.41) is 9.49. The van der Waals surface area contributed by atoms with Gasteiger partial charge in [0.1, 0.15) is 5.60 Å². The second kappa shape index (κ2) is 6.08. The van der Waals surface area contributed by atoms with Crippen molar-refractivity contribution in [1.29, 1.82) is 0 Å². The lowest BCUT2D eigenvalue weighted by Crippen LogP contribution is -2.38. The molecule has 0 radical (unpaired) electrons. The number of carboxylic acids is 1. The van der Waals surface area contributed by atoms with Crippen LogP contribution < -0.4 is 0 Å². The van der Waals surface area contributed by atoms with E-state index >= 15 is 0 Å². The number of hydrogen-bond acceptors (Lipinski definition) is 5. The van der Waals surface area contributed by atoms with Crippen molar-refractivity contribution in [3.8, 4) is 0 Å². The fourth-order valence-corrected chi connectivity index (χ4v) is 3.48. The van der Waals surface area contributed by atoms with Crippen molar-refractivity contribution < 1.29 is 27.9 Å². The van der Waals surface area contributed by atoms with E-state index in [-0.39, 0.29) is 17.2 Å². The SMILES string of the molecule is CCS(=O)(=O)c1ccc2c(c1)CN(C(=O)OC(C)(C)C)C2C(=O)O. The number of fused-ring (bicyclic) bond motifs is 1. The molecule has 8 heteroatoms. The molecule has 2 rings (SSSR count). The lowest BCUT2D eigenvalue weighted by molar-refractivity contribution is -0.143. The third-order valence-electron chi connectivity index (χ3n) is 3.66. The topological polar surface area (TPSA) is 101 Å². The molecule has 1 aromatic rings. The summed E-state index contributed by atoms with van der Waals surface area (Å²) in [6, 6.07) is 3.09. The van der Waals surface area contributed by atoms with E-state index in [1.807, 2.05) is 0 Å². The molecule has 0 aromatic heterocycles. The third-order valence-corrected chi connectivity index (χ3v) is 5.39. The first-order valence-corrected chi connectivity index (χ1v) is 9.19. The van der Waals surface area contributed by atoms with Crippen LogP contribution in [0.15, 0.2) is 23.1 Å². The Bertz CT molecular complexity index is 778. The Morgan fingerprint density at radius 1 is 1.33 bits per heavy atom. The Balaban J connectivity index is 2.42. The number of ether oxygens (including phenoxy) is 1. The molecule has 0 aliphatic carbocycles. The number of carboxylic acid groups (broad SMARTS) is 1. The summed E-state index contributed by atoms with van der Waals surface area (Å²) < 4.78 is 29.3. The number of sulfone groups is 1.